The average molecular weight is 220 g/mol. The summed E-state index contributed by atoms with van der Waals surface area (Å²) >= 11 is 0. The average Bonchev–Trinajstić information content (AvgIpc) is 1.97. The van der Waals surface area contributed by atoms with Crippen LogP contribution >= 0.6 is 0 Å². The van der Waals surface area contributed by atoms with Crippen molar-refractivity contribution in [2.75, 3.05) is 0 Å². The van der Waals surface area contributed by atoms with Crippen LogP contribution in [-0.2, 0) is 11.8 Å². The predicted molar refractivity (Wildman–Crippen MR) is 68.6 cm³/mol. The van der Waals surface area contributed by atoms with E-state index in [1.54, 1.807) is 0 Å². The Morgan fingerprint density at radius 3 is 2.00 bits per heavy atom. The third-order valence-electron chi connectivity index (χ3n) is 2.37. The van der Waals surface area contributed by atoms with E-state index in [0.29, 0.717) is 0 Å². The van der Waals surface area contributed by atoms with Gasteiger partial charge in [-0.3, -0.25) is 0 Å². The summed E-state index contributed by atoms with van der Waals surface area (Å²) in [6.45, 7) is 15.3. The highest BCUT2D eigenvalue weighted by molar-refractivity contribution is 5.18. The number of aromatic nitrogens is 2. The number of aryl methyl sites for hydroxylation is 1. The molecule has 1 aromatic rings. The summed E-state index contributed by atoms with van der Waals surface area (Å²) in [7, 11) is 0. The molecular formula is C14H24N2. The van der Waals surface area contributed by atoms with Gasteiger partial charge in [0, 0.05) is 16.8 Å². The third kappa shape index (κ3) is 3.92. The summed E-state index contributed by atoms with van der Waals surface area (Å²) in [4.78, 5) is 9.05. The summed E-state index contributed by atoms with van der Waals surface area (Å²) in [5.41, 5.74) is 2.67. The minimum atomic E-state index is 0.0976. The van der Waals surface area contributed by atoms with Crippen molar-refractivity contribution >= 4 is 0 Å². The second kappa shape index (κ2) is 4.15. The topological polar surface area (TPSA) is 25.8 Å². The van der Waals surface area contributed by atoms with Crippen LogP contribution in [0.1, 0.15) is 58.8 Å². The smallest absolute Gasteiger partial charge is 0.125 e. The van der Waals surface area contributed by atoms with Crippen LogP contribution in [-0.4, -0.2) is 9.97 Å². The Morgan fingerprint density at radius 1 is 1.00 bits per heavy atom. The van der Waals surface area contributed by atoms with Gasteiger partial charge in [0.05, 0.1) is 0 Å². The van der Waals surface area contributed by atoms with Gasteiger partial charge in [-0.05, 0) is 24.8 Å². The molecule has 1 rings (SSSR count). The lowest BCUT2D eigenvalue weighted by molar-refractivity contribution is 0.404. The van der Waals surface area contributed by atoms with Crippen LogP contribution in [0.15, 0.2) is 6.07 Å². The zero-order chi connectivity index (χ0) is 12.6. The highest BCUT2D eigenvalue weighted by Crippen LogP contribution is 2.24. The maximum atomic E-state index is 4.52. The Kier molecular flexibility index (Phi) is 3.41. The molecule has 0 radical (unpaired) electrons. The first-order chi connectivity index (χ1) is 7.08. The van der Waals surface area contributed by atoms with Gasteiger partial charge < -0.3 is 0 Å². The summed E-state index contributed by atoms with van der Waals surface area (Å²) in [6.07, 6.45) is 0.999. The second-order valence-electron chi connectivity index (χ2n) is 6.78. The molecule has 0 aliphatic heterocycles. The molecule has 0 aliphatic rings. The molecule has 16 heavy (non-hydrogen) atoms. The largest absolute Gasteiger partial charge is 0.238 e. The third-order valence-corrected chi connectivity index (χ3v) is 2.37. The molecule has 0 atom stereocenters. The number of hydrogen-bond acceptors (Lipinski definition) is 2. The maximum absolute atomic E-state index is 4.52. The Balaban J connectivity index is 3.09. The maximum Gasteiger partial charge on any atom is 0.125 e. The number of rotatable bonds is 1. The van der Waals surface area contributed by atoms with Crippen LogP contribution in [0.2, 0.25) is 0 Å². The molecule has 0 aliphatic carbocycles. The highest BCUT2D eigenvalue weighted by atomic mass is 14.9. The molecule has 2 nitrogen and oxygen atoms in total. The molecule has 0 saturated heterocycles. The van der Waals surface area contributed by atoms with Crippen LogP contribution < -0.4 is 0 Å². The molecular weight excluding hydrogens is 196 g/mol. The lowest BCUT2D eigenvalue weighted by Crippen LogP contribution is -2.18. The van der Waals surface area contributed by atoms with Gasteiger partial charge >= 0.3 is 0 Å². The van der Waals surface area contributed by atoms with Crippen molar-refractivity contribution in [1.29, 1.82) is 0 Å². The lowest BCUT2D eigenvalue weighted by atomic mass is 9.87. The zero-order valence-corrected chi connectivity index (χ0v) is 11.7. The Hall–Kier alpha value is -0.920. The van der Waals surface area contributed by atoms with Gasteiger partial charge in [0.1, 0.15) is 5.82 Å². The monoisotopic (exact) mass is 220 g/mol. The second-order valence-corrected chi connectivity index (χ2v) is 6.78. The van der Waals surface area contributed by atoms with Crippen LogP contribution in [0.25, 0.3) is 0 Å². The van der Waals surface area contributed by atoms with Crippen LogP contribution in [0, 0.1) is 12.3 Å². The van der Waals surface area contributed by atoms with Gasteiger partial charge in [0.2, 0.25) is 0 Å². The summed E-state index contributed by atoms with van der Waals surface area (Å²) < 4.78 is 0. The van der Waals surface area contributed by atoms with E-state index in [2.05, 4.69) is 57.6 Å². The number of hydrogen-bond donors (Lipinski definition) is 0. The van der Waals surface area contributed by atoms with Gasteiger partial charge in [-0.2, -0.15) is 0 Å². The Morgan fingerprint density at radius 2 is 1.56 bits per heavy atom. The SMILES string of the molecule is Cc1nc(CC(C)(C)C)cc(C(C)(C)C)n1. The first-order valence-corrected chi connectivity index (χ1v) is 5.93. The standard InChI is InChI=1S/C14H24N2/c1-10-15-11(9-13(2,3)4)8-12(16-10)14(5,6)7/h8H,9H2,1-7H3. The molecule has 0 fully saturated rings. The first kappa shape index (κ1) is 13.1. The normalized spacial score (nSPS) is 12.9. The molecule has 2 heteroatoms. The minimum Gasteiger partial charge on any atom is -0.238 e. The molecule has 90 valence electrons. The Bertz CT molecular complexity index is 367. The van der Waals surface area contributed by atoms with Crippen molar-refractivity contribution in [2.24, 2.45) is 5.41 Å². The van der Waals surface area contributed by atoms with Gasteiger partial charge in [0.25, 0.3) is 0 Å². The fourth-order valence-electron chi connectivity index (χ4n) is 1.65. The van der Waals surface area contributed by atoms with Crippen LogP contribution in [0.5, 0.6) is 0 Å². The molecule has 0 bridgehead atoms. The van der Waals surface area contributed by atoms with E-state index in [0.717, 1.165) is 23.6 Å². The van der Waals surface area contributed by atoms with Gasteiger partial charge in [-0.25, -0.2) is 9.97 Å². The first-order valence-electron chi connectivity index (χ1n) is 5.93. The summed E-state index contributed by atoms with van der Waals surface area (Å²) in [5.74, 6) is 0.881. The highest BCUT2D eigenvalue weighted by Gasteiger charge is 2.19. The van der Waals surface area contributed by atoms with Crippen molar-refractivity contribution in [3.63, 3.8) is 0 Å². The minimum absolute atomic E-state index is 0.0976. The van der Waals surface area contributed by atoms with E-state index in [4.69, 9.17) is 0 Å². The van der Waals surface area contributed by atoms with Crippen molar-refractivity contribution < 1.29 is 0 Å². The van der Waals surface area contributed by atoms with Crippen LogP contribution in [0.3, 0.4) is 0 Å². The van der Waals surface area contributed by atoms with Gasteiger partial charge in [-0.1, -0.05) is 41.5 Å². The zero-order valence-electron chi connectivity index (χ0n) is 11.7. The lowest BCUT2D eigenvalue weighted by Gasteiger charge is -2.22. The van der Waals surface area contributed by atoms with E-state index < -0.39 is 0 Å². The van der Waals surface area contributed by atoms with Crippen molar-refractivity contribution in [1.82, 2.24) is 9.97 Å². The van der Waals surface area contributed by atoms with E-state index in [1.807, 2.05) is 6.92 Å². The van der Waals surface area contributed by atoms with Crippen molar-refractivity contribution in [2.45, 2.75) is 60.3 Å². The van der Waals surface area contributed by atoms with Gasteiger partial charge in [0.15, 0.2) is 0 Å². The molecule has 1 heterocycles. The number of nitrogens with zero attached hydrogens (tertiary/aromatic N) is 2. The van der Waals surface area contributed by atoms with Gasteiger partial charge in [-0.15, -0.1) is 0 Å². The van der Waals surface area contributed by atoms with E-state index >= 15 is 0 Å². The fourth-order valence-corrected chi connectivity index (χ4v) is 1.65. The quantitative estimate of drug-likeness (QED) is 0.721. The fraction of sp³-hybridized carbons (Fsp3) is 0.714. The molecule has 0 saturated carbocycles. The molecule has 0 amide bonds. The molecule has 0 unspecified atom stereocenters. The van der Waals surface area contributed by atoms with E-state index in [1.165, 1.54) is 0 Å². The molecule has 0 spiro atoms. The summed E-state index contributed by atoms with van der Waals surface area (Å²) in [6, 6.07) is 2.15. The van der Waals surface area contributed by atoms with E-state index in [-0.39, 0.29) is 10.8 Å². The van der Waals surface area contributed by atoms with Crippen LogP contribution in [0.4, 0.5) is 0 Å². The Labute approximate surface area is 99.5 Å². The van der Waals surface area contributed by atoms with Crippen molar-refractivity contribution in [3.05, 3.63) is 23.3 Å². The summed E-state index contributed by atoms with van der Waals surface area (Å²) in [5, 5.41) is 0. The van der Waals surface area contributed by atoms with E-state index in [9.17, 15) is 0 Å². The predicted octanol–water partition coefficient (Wildman–Crippen LogP) is 3.67. The molecule has 1 aromatic heterocycles. The van der Waals surface area contributed by atoms with Crippen molar-refractivity contribution in [3.8, 4) is 0 Å². The molecule has 0 N–H and O–H groups in total. The molecule has 0 aromatic carbocycles.